The quantitative estimate of drug-likeness (QED) is 0.655. The van der Waals surface area contributed by atoms with Crippen molar-refractivity contribution in [2.45, 2.75) is 38.7 Å². The SMILES string of the molecule is CCN(CCCBr)CCC1CCCO1. The first-order valence-electron chi connectivity index (χ1n) is 5.76. The molecule has 0 bridgehead atoms. The molecule has 0 aromatic heterocycles. The van der Waals surface area contributed by atoms with E-state index in [-0.39, 0.29) is 0 Å². The second-order valence-corrected chi connectivity index (χ2v) is 4.69. The molecule has 84 valence electrons. The molecule has 2 nitrogen and oxygen atoms in total. The van der Waals surface area contributed by atoms with Crippen LogP contribution in [0.4, 0.5) is 0 Å². The van der Waals surface area contributed by atoms with Gasteiger partial charge < -0.3 is 9.64 Å². The van der Waals surface area contributed by atoms with E-state index in [1.807, 2.05) is 0 Å². The Morgan fingerprint density at radius 1 is 1.43 bits per heavy atom. The van der Waals surface area contributed by atoms with Gasteiger partial charge in [-0.3, -0.25) is 0 Å². The zero-order valence-corrected chi connectivity index (χ0v) is 10.8. The molecule has 1 aliphatic rings. The highest BCUT2D eigenvalue weighted by molar-refractivity contribution is 9.09. The standard InChI is InChI=1S/C11H22BrNO/c1-2-13(8-4-7-12)9-6-11-5-3-10-14-11/h11H,2-10H2,1H3. The van der Waals surface area contributed by atoms with Crippen LogP contribution in [0.2, 0.25) is 0 Å². The first-order valence-corrected chi connectivity index (χ1v) is 6.89. The van der Waals surface area contributed by atoms with Gasteiger partial charge in [-0.2, -0.15) is 0 Å². The van der Waals surface area contributed by atoms with Crippen molar-refractivity contribution in [2.24, 2.45) is 0 Å². The summed E-state index contributed by atoms with van der Waals surface area (Å²) in [6.45, 7) is 6.81. The highest BCUT2D eigenvalue weighted by Crippen LogP contribution is 2.15. The van der Waals surface area contributed by atoms with Gasteiger partial charge in [0.15, 0.2) is 0 Å². The maximum atomic E-state index is 5.62. The molecule has 3 heteroatoms. The van der Waals surface area contributed by atoms with E-state index in [4.69, 9.17) is 4.74 Å². The molecule has 1 rings (SSSR count). The lowest BCUT2D eigenvalue weighted by Crippen LogP contribution is -2.28. The second kappa shape index (κ2) is 7.66. The molecule has 1 unspecified atom stereocenters. The Hall–Kier alpha value is 0.400. The van der Waals surface area contributed by atoms with Crippen LogP contribution in [-0.4, -0.2) is 42.6 Å². The van der Waals surface area contributed by atoms with Gasteiger partial charge >= 0.3 is 0 Å². The fourth-order valence-corrected chi connectivity index (χ4v) is 2.16. The van der Waals surface area contributed by atoms with E-state index in [9.17, 15) is 0 Å². The van der Waals surface area contributed by atoms with Gasteiger partial charge in [0.05, 0.1) is 6.10 Å². The molecule has 14 heavy (non-hydrogen) atoms. The molecular formula is C11H22BrNO. The Bertz CT molecular complexity index is 137. The Morgan fingerprint density at radius 2 is 2.29 bits per heavy atom. The molecule has 0 radical (unpaired) electrons. The summed E-state index contributed by atoms with van der Waals surface area (Å²) in [5, 5.41) is 1.11. The van der Waals surface area contributed by atoms with Crippen LogP contribution in [-0.2, 0) is 4.74 Å². The van der Waals surface area contributed by atoms with Crippen LogP contribution >= 0.6 is 15.9 Å². The van der Waals surface area contributed by atoms with Gasteiger partial charge in [-0.05, 0) is 38.8 Å². The second-order valence-electron chi connectivity index (χ2n) is 3.90. The monoisotopic (exact) mass is 263 g/mol. The first kappa shape index (κ1) is 12.5. The first-order chi connectivity index (χ1) is 6.86. The molecule has 1 fully saturated rings. The van der Waals surface area contributed by atoms with Crippen LogP contribution in [0.5, 0.6) is 0 Å². The lowest BCUT2D eigenvalue weighted by atomic mass is 10.2. The summed E-state index contributed by atoms with van der Waals surface area (Å²) in [5.74, 6) is 0. The third-order valence-electron chi connectivity index (χ3n) is 2.85. The van der Waals surface area contributed by atoms with E-state index in [1.54, 1.807) is 0 Å². The normalized spacial score (nSPS) is 22.1. The molecule has 0 spiro atoms. The predicted octanol–water partition coefficient (Wildman–Crippen LogP) is 2.66. The van der Waals surface area contributed by atoms with E-state index in [0.717, 1.165) is 11.9 Å². The van der Waals surface area contributed by atoms with E-state index >= 15 is 0 Å². The average Bonchev–Trinajstić information content (AvgIpc) is 2.71. The zero-order chi connectivity index (χ0) is 10.2. The van der Waals surface area contributed by atoms with Gasteiger partial charge in [0.25, 0.3) is 0 Å². The van der Waals surface area contributed by atoms with Gasteiger partial charge in [0.2, 0.25) is 0 Å². The number of halogens is 1. The number of nitrogens with zero attached hydrogens (tertiary/aromatic N) is 1. The Kier molecular flexibility index (Phi) is 6.82. The van der Waals surface area contributed by atoms with E-state index in [2.05, 4.69) is 27.8 Å². The summed E-state index contributed by atoms with van der Waals surface area (Å²) >= 11 is 3.47. The summed E-state index contributed by atoms with van der Waals surface area (Å²) in [4.78, 5) is 2.52. The van der Waals surface area contributed by atoms with Crippen molar-refractivity contribution in [3.05, 3.63) is 0 Å². The molecule has 1 heterocycles. The third-order valence-corrected chi connectivity index (χ3v) is 3.41. The van der Waals surface area contributed by atoms with Crippen LogP contribution in [0.25, 0.3) is 0 Å². The number of alkyl halides is 1. The van der Waals surface area contributed by atoms with Gasteiger partial charge in [-0.1, -0.05) is 22.9 Å². The minimum atomic E-state index is 0.549. The Balaban J connectivity index is 2.06. The van der Waals surface area contributed by atoms with E-state index in [1.165, 1.54) is 45.3 Å². The molecule has 0 amide bonds. The lowest BCUT2D eigenvalue weighted by molar-refractivity contribution is 0.0927. The van der Waals surface area contributed by atoms with Crippen molar-refractivity contribution in [3.63, 3.8) is 0 Å². The predicted molar refractivity (Wildman–Crippen MR) is 64.1 cm³/mol. The number of hydrogen-bond acceptors (Lipinski definition) is 2. The van der Waals surface area contributed by atoms with Crippen LogP contribution in [0.3, 0.4) is 0 Å². The Labute approximate surface area is 96.1 Å². The van der Waals surface area contributed by atoms with Crippen LogP contribution in [0.1, 0.15) is 32.6 Å². The molecular weight excluding hydrogens is 242 g/mol. The van der Waals surface area contributed by atoms with Gasteiger partial charge in [0, 0.05) is 18.5 Å². The highest BCUT2D eigenvalue weighted by Gasteiger charge is 2.15. The molecule has 0 aliphatic carbocycles. The van der Waals surface area contributed by atoms with Crippen molar-refractivity contribution in [2.75, 3.05) is 31.6 Å². The summed E-state index contributed by atoms with van der Waals surface area (Å²) in [6.07, 6.45) is 5.55. The van der Waals surface area contributed by atoms with Crippen LogP contribution in [0, 0.1) is 0 Å². The molecule has 0 aromatic carbocycles. The maximum absolute atomic E-state index is 5.62. The largest absolute Gasteiger partial charge is 0.378 e. The third kappa shape index (κ3) is 4.76. The maximum Gasteiger partial charge on any atom is 0.0588 e. The molecule has 1 atom stereocenters. The highest BCUT2D eigenvalue weighted by atomic mass is 79.9. The molecule has 0 N–H and O–H groups in total. The zero-order valence-electron chi connectivity index (χ0n) is 9.17. The molecule has 0 saturated carbocycles. The van der Waals surface area contributed by atoms with Crippen molar-refractivity contribution in [1.29, 1.82) is 0 Å². The van der Waals surface area contributed by atoms with Crippen LogP contribution in [0.15, 0.2) is 0 Å². The number of rotatable bonds is 7. The minimum Gasteiger partial charge on any atom is -0.378 e. The number of ether oxygens (including phenoxy) is 1. The minimum absolute atomic E-state index is 0.549. The van der Waals surface area contributed by atoms with Gasteiger partial charge in [0.1, 0.15) is 0 Å². The van der Waals surface area contributed by atoms with Crippen molar-refractivity contribution in [1.82, 2.24) is 4.90 Å². The summed E-state index contributed by atoms with van der Waals surface area (Å²) in [6, 6.07) is 0. The smallest absolute Gasteiger partial charge is 0.0588 e. The molecule has 1 saturated heterocycles. The average molecular weight is 264 g/mol. The summed E-state index contributed by atoms with van der Waals surface area (Å²) in [5.41, 5.74) is 0. The van der Waals surface area contributed by atoms with Crippen LogP contribution < -0.4 is 0 Å². The summed E-state index contributed by atoms with van der Waals surface area (Å²) in [7, 11) is 0. The lowest BCUT2D eigenvalue weighted by Gasteiger charge is -2.21. The molecule has 0 aromatic rings. The fraction of sp³-hybridized carbons (Fsp3) is 1.00. The van der Waals surface area contributed by atoms with E-state index in [0.29, 0.717) is 6.10 Å². The van der Waals surface area contributed by atoms with Crippen molar-refractivity contribution >= 4 is 15.9 Å². The van der Waals surface area contributed by atoms with E-state index < -0.39 is 0 Å². The topological polar surface area (TPSA) is 12.5 Å². The van der Waals surface area contributed by atoms with Crippen molar-refractivity contribution < 1.29 is 4.74 Å². The van der Waals surface area contributed by atoms with Gasteiger partial charge in [-0.25, -0.2) is 0 Å². The molecule has 1 aliphatic heterocycles. The van der Waals surface area contributed by atoms with Crippen molar-refractivity contribution in [3.8, 4) is 0 Å². The fourth-order valence-electron chi connectivity index (χ4n) is 1.91. The summed E-state index contributed by atoms with van der Waals surface area (Å²) < 4.78 is 5.62. The Morgan fingerprint density at radius 3 is 2.86 bits per heavy atom. The number of hydrogen-bond donors (Lipinski definition) is 0. The van der Waals surface area contributed by atoms with Gasteiger partial charge in [-0.15, -0.1) is 0 Å².